The number of carbonyl (C=O) groups is 2. The van der Waals surface area contributed by atoms with E-state index in [-0.39, 0.29) is 18.4 Å². The van der Waals surface area contributed by atoms with Gasteiger partial charge in [-0.05, 0) is 19.1 Å². The quantitative estimate of drug-likeness (QED) is 0.818. The van der Waals surface area contributed by atoms with Crippen LogP contribution in [0.2, 0.25) is 0 Å². The van der Waals surface area contributed by atoms with Gasteiger partial charge in [-0.3, -0.25) is 19.8 Å². The number of benzene rings is 1. The van der Waals surface area contributed by atoms with Crippen molar-refractivity contribution in [1.29, 1.82) is 0 Å². The summed E-state index contributed by atoms with van der Waals surface area (Å²) in [6.07, 6.45) is 0. The normalized spacial score (nSPS) is 19.9. The first-order valence-corrected chi connectivity index (χ1v) is 6.50. The summed E-state index contributed by atoms with van der Waals surface area (Å²) in [6.45, 7) is 4.88. The lowest BCUT2D eigenvalue weighted by molar-refractivity contribution is -0.121. The number of rotatable bonds is 3. The molecular weight excluding hydrogens is 242 g/mol. The smallest absolute Gasteiger partial charge is 0.257 e. The molecule has 1 fully saturated rings. The van der Waals surface area contributed by atoms with Gasteiger partial charge in [0.25, 0.3) is 5.91 Å². The first-order valence-electron chi connectivity index (χ1n) is 6.50. The molecule has 0 unspecified atom stereocenters. The van der Waals surface area contributed by atoms with Crippen LogP contribution in [-0.4, -0.2) is 48.9 Å². The molecule has 0 bridgehead atoms. The minimum absolute atomic E-state index is 0.247. The van der Waals surface area contributed by atoms with E-state index in [1.807, 2.05) is 6.07 Å². The molecular formula is C14H19N3O2. The van der Waals surface area contributed by atoms with Gasteiger partial charge < -0.3 is 5.32 Å². The van der Waals surface area contributed by atoms with Crippen molar-refractivity contribution in [1.82, 2.24) is 15.5 Å². The number of carbonyl (C=O) groups excluding carboxylic acids is 2. The highest BCUT2D eigenvalue weighted by molar-refractivity contribution is 6.05. The largest absolute Gasteiger partial charge is 0.312 e. The number of hydrogen-bond acceptors (Lipinski definition) is 4. The van der Waals surface area contributed by atoms with Gasteiger partial charge in [0.15, 0.2) is 0 Å². The van der Waals surface area contributed by atoms with Crippen LogP contribution in [0, 0.1) is 0 Å². The molecule has 0 aromatic heterocycles. The lowest BCUT2D eigenvalue weighted by atomic mass is 10.2. The van der Waals surface area contributed by atoms with Crippen molar-refractivity contribution in [3.05, 3.63) is 35.9 Å². The zero-order valence-electron chi connectivity index (χ0n) is 11.1. The third-order valence-corrected chi connectivity index (χ3v) is 3.11. The molecule has 1 saturated heterocycles. The molecule has 2 amide bonds. The molecule has 1 aromatic rings. The van der Waals surface area contributed by atoms with Crippen molar-refractivity contribution < 1.29 is 9.59 Å². The Balaban J connectivity index is 1.82. The lowest BCUT2D eigenvalue weighted by Crippen LogP contribution is -2.52. The summed E-state index contributed by atoms with van der Waals surface area (Å²) in [5, 5.41) is 5.73. The van der Waals surface area contributed by atoms with Crippen molar-refractivity contribution in [2.75, 3.05) is 26.2 Å². The summed E-state index contributed by atoms with van der Waals surface area (Å²) in [5.41, 5.74) is 0.504. The van der Waals surface area contributed by atoms with Gasteiger partial charge in [-0.2, -0.15) is 0 Å². The molecule has 0 aliphatic carbocycles. The predicted molar refractivity (Wildman–Crippen MR) is 72.8 cm³/mol. The Morgan fingerprint density at radius 2 is 2.11 bits per heavy atom. The van der Waals surface area contributed by atoms with Crippen LogP contribution in [0.1, 0.15) is 17.3 Å². The highest BCUT2D eigenvalue weighted by atomic mass is 16.2. The second-order valence-corrected chi connectivity index (χ2v) is 4.83. The Morgan fingerprint density at radius 3 is 2.79 bits per heavy atom. The summed E-state index contributed by atoms with van der Waals surface area (Å²) < 4.78 is 0. The number of piperazine rings is 1. The number of hydrogen-bond donors (Lipinski definition) is 2. The van der Waals surface area contributed by atoms with E-state index in [0.29, 0.717) is 11.6 Å². The monoisotopic (exact) mass is 261 g/mol. The number of nitrogens with one attached hydrogen (secondary N) is 2. The third-order valence-electron chi connectivity index (χ3n) is 3.11. The Morgan fingerprint density at radius 1 is 1.37 bits per heavy atom. The first-order chi connectivity index (χ1) is 9.15. The molecule has 2 N–H and O–H groups in total. The zero-order chi connectivity index (χ0) is 13.7. The summed E-state index contributed by atoms with van der Waals surface area (Å²) in [5.74, 6) is -0.586. The van der Waals surface area contributed by atoms with Crippen molar-refractivity contribution in [3.63, 3.8) is 0 Å². The molecule has 102 valence electrons. The maximum absolute atomic E-state index is 11.8. The Labute approximate surface area is 113 Å². The summed E-state index contributed by atoms with van der Waals surface area (Å²) in [6, 6.07) is 9.15. The fourth-order valence-electron chi connectivity index (χ4n) is 2.19. The van der Waals surface area contributed by atoms with Gasteiger partial charge in [0.05, 0.1) is 6.54 Å². The zero-order valence-corrected chi connectivity index (χ0v) is 11.1. The van der Waals surface area contributed by atoms with Crippen molar-refractivity contribution in [2.45, 2.75) is 13.0 Å². The second kappa shape index (κ2) is 6.45. The Kier molecular flexibility index (Phi) is 4.65. The van der Waals surface area contributed by atoms with Gasteiger partial charge in [-0.15, -0.1) is 0 Å². The molecule has 19 heavy (non-hydrogen) atoms. The Bertz CT molecular complexity index is 447. The van der Waals surface area contributed by atoms with Crippen LogP contribution in [-0.2, 0) is 4.79 Å². The maximum Gasteiger partial charge on any atom is 0.257 e. The lowest BCUT2D eigenvalue weighted by Gasteiger charge is -2.31. The summed E-state index contributed by atoms with van der Waals surface area (Å²) in [7, 11) is 0. The maximum atomic E-state index is 11.8. The van der Waals surface area contributed by atoms with E-state index in [2.05, 4.69) is 22.5 Å². The van der Waals surface area contributed by atoms with Gasteiger partial charge in [0, 0.05) is 31.2 Å². The molecule has 1 heterocycles. The standard InChI is InChI=1S/C14H19N3O2/c1-11-9-17(8-7-15-11)10-13(18)16-14(19)12-5-3-2-4-6-12/h2-6,11,15H,7-10H2,1H3,(H,16,18,19)/t11-/m1/s1. The van der Waals surface area contributed by atoms with Crippen LogP contribution in [0.25, 0.3) is 0 Å². The average Bonchev–Trinajstić information content (AvgIpc) is 2.39. The van der Waals surface area contributed by atoms with Crippen molar-refractivity contribution in [3.8, 4) is 0 Å². The molecule has 0 radical (unpaired) electrons. The fraction of sp³-hybridized carbons (Fsp3) is 0.429. The number of nitrogens with zero attached hydrogens (tertiary/aromatic N) is 1. The molecule has 5 heteroatoms. The van der Waals surface area contributed by atoms with Crippen LogP contribution in [0.15, 0.2) is 30.3 Å². The molecule has 1 aliphatic rings. The molecule has 5 nitrogen and oxygen atoms in total. The van der Waals surface area contributed by atoms with Gasteiger partial charge in [-0.25, -0.2) is 0 Å². The topological polar surface area (TPSA) is 61.4 Å². The van der Waals surface area contributed by atoms with Crippen LogP contribution in [0.5, 0.6) is 0 Å². The molecule has 1 atom stereocenters. The van der Waals surface area contributed by atoms with E-state index < -0.39 is 0 Å². The fourth-order valence-corrected chi connectivity index (χ4v) is 2.19. The minimum Gasteiger partial charge on any atom is -0.312 e. The first kappa shape index (κ1) is 13.7. The number of imide groups is 1. The molecule has 0 saturated carbocycles. The highest BCUT2D eigenvalue weighted by Gasteiger charge is 2.19. The van der Waals surface area contributed by atoms with E-state index in [0.717, 1.165) is 19.6 Å². The van der Waals surface area contributed by atoms with Crippen molar-refractivity contribution >= 4 is 11.8 Å². The number of amides is 2. The van der Waals surface area contributed by atoms with Crippen LogP contribution in [0.4, 0.5) is 0 Å². The van der Waals surface area contributed by atoms with Gasteiger partial charge in [0.1, 0.15) is 0 Å². The van der Waals surface area contributed by atoms with Gasteiger partial charge in [-0.1, -0.05) is 18.2 Å². The SMILES string of the molecule is C[C@@H]1CN(CC(=O)NC(=O)c2ccccc2)CCN1. The summed E-state index contributed by atoms with van der Waals surface area (Å²) >= 11 is 0. The van der Waals surface area contributed by atoms with Crippen molar-refractivity contribution in [2.24, 2.45) is 0 Å². The molecule has 0 spiro atoms. The minimum atomic E-state index is -0.339. The van der Waals surface area contributed by atoms with Gasteiger partial charge >= 0.3 is 0 Å². The van der Waals surface area contributed by atoms with Crippen LogP contribution in [0.3, 0.4) is 0 Å². The van der Waals surface area contributed by atoms with E-state index in [4.69, 9.17) is 0 Å². The van der Waals surface area contributed by atoms with Gasteiger partial charge in [0.2, 0.25) is 5.91 Å². The van der Waals surface area contributed by atoms with Crippen LogP contribution >= 0.6 is 0 Å². The predicted octanol–water partition coefficient (Wildman–Crippen LogP) is 0.237. The Hall–Kier alpha value is -1.72. The average molecular weight is 261 g/mol. The second-order valence-electron chi connectivity index (χ2n) is 4.83. The van der Waals surface area contributed by atoms with E-state index in [9.17, 15) is 9.59 Å². The summed E-state index contributed by atoms with van der Waals surface area (Å²) in [4.78, 5) is 25.7. The van der Waals surface area contributed by atoms with E-state index in [1.165, 1.54) is 0 Å². The van der Waals surface area contributed by atoms with Crippen LogP contribution < -0.4 is 10.6 Å². The van der Waals surface area contributed by atoms with E-state index >= 15 is 0 Å². The highest BCUT2D eigenvalue weighted by Crippen LogP contribution is 2.00. The molecule has 1 aliphatic heterocycles. The third kappa shape index (κ3) is 4.15. The van der Waals surface area contributed by atoms with E-state index in [1.54, 1.807) is 24.3 Å². The molecule has 1 aromatic carbocycles. The molecule has 2 rings (SSSR count).